The molecule has 10 rings (SSSR count). The van der Waals surface area contributed by atoms with Crippen LogP contribution >= 0.6 is 0 Å². The molecule has 0 bridgehead atoms. The van der Waals surface area contributed by atoms with Crippen molar-refractivity contribution in [3.05, 3.63) is 231 Å². The van der Waals surface area contributed by atoms with E-state index in [1.165, 1.54) is 66.3 Å². The van der Waals surface area contributed by atoms with Crippen LogP contribution in [-0.2, 0) is 0 Å². The Morgan fingerprint density at radius 1 is 0.286 bits per heavy atom. The topological polar surface area (TPSA) is 8.17 Å². The van der Waals surface area contributed by atoms with Crippen molar-refractivity contribution in [1.29, 1.82) is 0 Å². The van der Waals surface area contributed by atoms with E-state index in [0.29, 0.717) is 0 Å². The third kappa shape index (κ3) is 6.14. The number of nitrogens with zero attached hydrogens (tertiary/aromatic N) is 2. The number of benzene rings is 9. The first-order chi connectivity index (χ1) is 27.8. The van der Waals surface area contributed by atoms with Gasteiger partial charge in [0, 0.05) is 33.5 Å². The van der Waals surface area contributed by atoms with E-state index in [9.17, 15) is 0 Å². The molecule has 264 valence electrons. The van der Waals surface area contributed by atoms with Crippen LogP contribution in [0.15, 0.2) is 231 Å². The van der Waals surface area contributed by atoms with Crippen molar-refractivity contribution in [1.82, 2.24) is 4.57 Å². The second-order valence-corrected chi connectivity index (χ2v) is 14.2. The van der Waals surface area contributed by atoms with E-state index in [2.05, 4.69) is 240 Å². The van der Waals surface area contributed by atoms with Gasteiger partial charge in [-0.25, -0.2) is 0 Å². The Labute approximate surface area is 327 Å². The second-order valence-electron chi connectivity index (χ2n) is 14.2. The van der Waals surface area contributed by atoms with Gasteiger partial charge in [0.15, 0.2) is 0 Å². The number of rotatable bonds is 8. The zero-order valence-electron chi connectivity index (χ0n) is 30.8. The molecule has 10 aromatic rings. The van der Waals surface area contributed by atoms with E-state index in [0.717, 1.165) is 22.7 Å². The average molecular weight is 715 g/mol. The van der Waals surface area contributed by atoms with Gasteiger partial charge in [0.1, 0.15) is 0 Å². The van der Waals surface area contributed by atoms with Crippen LogP contribution in [0.2, 0.25) is 0 Å². The van der Waals surface area contributed by atoms with Crippen LogP contribution in [0.25, 0.3) is 72.0 Å². The Morgan fingerprint density at radius 3 is 1.48 bits per heavy atom. The molecule has 1 heterocycles. The first-order valence-corrected chi connectivity index (χ1v) is 19.2. The number of hydrogen-bond donors (Lipinski definition) is 0. The van der Waals surface area contributed by atoms with Crippen LogP contribution in [-0.4, -0.2) is 4.57 Å². The summed E-state index contributed by atoms with van der Waals surface area (Å²) in [5.41, 5.74) is 16.5. The summed E-state index contributed by atoms with van der Waals surface area (Å²) in [6.07, 6.45) is 0. The van der Waals surface area contributed by atoms with Crippen LogP contribution in [0.4, 0.5) is 17.1 Å². The summed E-state index contributed by atoms with van der Waals surface area (Å²) in [6.45, 7) is 0. The average Bonchev–Trinajstić information content (AvgIpc) is 3.63. The summed E-state index contributed by atoms with van der Waals surface area (Å²) in [5.74, 6) is 0. The van der Waals surface area contributed by atoms with Gasteiger partial charge >= 0.3 is 0 Å². The zero-order valence-corrected chi connectivity index (χ0v) is 30.8. The van der Waals surface area contributed by atoms with Crippen molar-refractivity contribution in [3.8, 4) is 50.2 Å². The maximum atomic E-state index is 2.38. The highest BCUT2D eigenvalue weighted by atomic mass is 15.1. The molecule has 2 nitrogen and oxygen atoms in total. The largest absolute Gasteiger partial charge is 0.310 e. The predicted octanol–water partition coefficient (Wildman–Crippen LogP) is 14.9. The normalized spacial score (nSPS) is 11.2. The maximum Gasteiger partial charge on any atom is 0.0547 e. The summed E-state index contributed by atoms with van der Waals surface area (Å²) in [4.78, 5) is 2.34. The number of hydrogen-bond acceptors (Lipinski definition) is 1. The summed E-state index contributed by atoms with van der Waals surface area (Å²) >= 11 is 0. The Morgan fingerprint density at radius 2 is 0.750 bits per heavy atom. The summed E-state index contributed by atoms with van der Waals surface area (Å²) in [6, 6.07) is 82.9. The number of aromatic nitrogens is 1. The van der Waals surface area contributed by atoms with Crippen molar-refractivity contribution in [2.24, 2.45) is 0 Å². The lowest BCUT2D eigenvalue weighted by atomic mass is 9.95. The molecule has 1 aromatic heterocycles. The Bertz CT molecular complexity index is 2940. The highest BCUT2D eigenvalue weighted by Crippen LogP contribution is 2.41. The lowest BCUT2D eigenvalue weighted by Gasteiger charge is -2.26. The van der Waals surface area contributed by atoms with Crippen LogP contribution in [0, 0.1) is 0 Å². The molecular formula is C54H38N2. The first-order valence-electron chi connectivity index (χ1n) is 19.2. The van der Waals surface area contributed by atoms with Crippen LogP contribution < -0.4 is 4.90 Å². The fraction of sp³-hybridized carbons (Fsp3) is 0. The minimum absolute atomic E-state index is 1.10. The van der Waals surface area contributed by atoms with E-state index in [4.69, 9.17) is 0 Å². The Kier molecular flexibility index (Phi) is 8.55. The third-order valence-corrected chi connectivity index (χ3v) is 10.8. The summed E-state index contributed by atoms with van der Waals surface area (Å²) in [5, 5.41) is 2.52. The molecular weight excluding hydrogens is 677 g/mol. The molecule has 2 heteroatoms. The minimum atomic E-state index is 1.10. The zero-order chi connectivity index (χ0) is 37.3. The van der Waals surface area contributed by atoms with Crippen molar-refractivity contribution in [3.63, 3.8) is 0 Å². The van der Waals surface area contributed by atoms with Gasteiger partial charge in [-0.15, -0.1) is 0 Å². The first kappa shape index (κ1) is 33.2. The molecule has 0 saturated heterocycles. The van der Waals surface area contributed by atoms with Gasteiger partial charge in [0.05, 0.1) is 11.0 Å². The molecule has 0 amide bonds. The molecule has 0 N–H and O–H groups in total. The second kappa shape index (κ2) is 14.4. The molecule has 0 aliphatic carbocycles. The predicted molar refractivity (Wildman–Crippen MR) is 237 cm³/mol. The monoisotopic (exact) mass is 714 g/mol. The molecule has 0 aliphatic rings. The maximum absolute atomic E-state index is 2.38. The number of fused-ring (bicyclic) bond motifs is 3. The van der Waals surface area contributed by atoms with Crippen LogP contribution in [0.1, 0.15) is 0 Å². The summed E-state index contributed by atoms with van der Waals surface area (Å²) < 4.78 is 2.38. The van der Waals surface area contributed by atoms with Crippen molar-refractivity contribution < 1.29 is 0 Å². The van der Waals surface area contributed by atoms with E-state index in [1.54, 1.807) is 0 Å². The molecule has 0 atom stereocenters. The SMILES string of the molecule is c1ccc(-c2cccc(-c3ccc(N(c4ccccc4)c4cccc(-c5cccc(-c6cccc7c6c6ccccc6n7-c6ccccc6)c5)c4)cc3)c2)cc1. The van der Waals surface area contributed by atoms with E-state index in [1.807, 2.05) is 0 Å². The van der Waals surface area contributed by atoms with Gasteiger partial charge in [0.2, 0.25) is 0 Å². The molecule has 0 radical (unpaired) electrons. The molecule has 9 aromatic carbocycles. The van der Waals surface area contributed by atoms with E-state index < -0.39 is 0 Å². The van der Waals surface area contributed by atoms with Gasteiger partial charge in [-0.3, -0.25) is 0 Å². The molecule has 56 heavy (non-hydrogen) atoms. The Hall–Kier alpha value is -7.42. The number of anilines is 3. The fourth-order valence-corrected chi connectivity index (χ4v) is 8.14. The van der Waals surface area contributed by atoms with E-state index in [-0.39, 0.29) is 0 Å². The molecule has 0 spiro atoms. The standard InChI is InChI=1S/C54H38N2/c1-4-16-39(17-5-1)41-18-12-19-42(36-41)40-32-34-48(35-33-40)55(46-23-6-2-7-24-46)49-27-14-21-44(38-49)43-20-13-22-45(37-43)50-29-15-31-53-54(50)51-28-10-11-30-52(51)56(53)47-25-8-3-9-26-47/h1-38H. The van der Waals surface area contributed by atoms with Gasteiger partial charge in [0.25, 0.3) is 0 Å². The van der Waals surface area contributed by atoms with Crippen LogP contribution in [0.5, 0.6) is 0 Å². The smallest absolute Gasteiger partial charge is 0.0547 e. The van der Waals surface area contributed by atoms with Crippen molar-refractivity contribution in [2.75, 3.05) is 4.90 Å². The highest BCUT2D eigenvalue weighted by Gasteiger charge is 2.17. The lowest BCUT2D eigenvalue weighted by Crippen LogP contribution is -2.09. The molecule has 0 unspecified atom stereocenters. The lowest BCUT2D eigenvalue weighted by molar-refractivity contribution is 1.18. The van der Waals surface area contributed by atoms with Crippen LogP contribution in [0.3, 0.4) is 0 Å². The molecule has 0 saturated carbocycles. The quantitative estimate of drug-likeness (QED) is 0.152. The fourth-order valence-electron chi connectivity index (χ4n) is 8.14. The highest BCUT2D eigenvalue weighted by molar-refractivity contribution is 6.15. The van der Waals surface area contributed by atoms with Gasteiger partial charge in [-0.05, 0) is 117 Å². The molecule has 0 aliphatic heterocycles. The van der Waals surface area contributed by atoms with Crippen molar-refractivity contribution in [2.45, 2.75) is 0 Å². The Balaban J connectivity index is 1.03. The molecule has 0 fully saturated rings. The van der Waals surface area contributed by atoms with Crippen molar-refractivity contribution >= 4 is 38.9 Å². The van der Waals surface area contributed by atoms with E-state index >= 15 is 0 Å². The summed E-state index contributed by atoms with van der Waals surface area (Å²) in [7, 11) is 0. The van der Waals surface area contributed by atoms with Gasteiger partial charge in [-0.2, -0.15) is 0 Å². The van der Waals surface area contributed by atoms with Gasteiger partial charge < -0.3 is 9.47 Å². The minimum Gasteiger partial charge on any atom is -0.310 e. The third-order valence-electron chi connectivity index (χ3n) is 10.8. The number of para-hydroxylation sites is 3. The van der Waals surface area contributed by atoms with Gasteiger partial charge in [-0.1, -0.05) is 158 Å².